The van der Waals surface area contributed by atoms with Crippen LogP contribution in [-0.2, 0) is 19.1 Å². The van der Waals surface area contributed by atoms with Crippen LogP contribution < -0.4 is 0 Å². The number of halogens is 2. The summed E-state index contributed by atoms with van der Waals surface area (Å²) >= 11 is 4.16. The molecule has 0 radical (unpaired) electrons. The van der Waals surface area contributed by atoms with Crippen molar-refractivity contribution in [3.8, 4) is 0 Å². The van der Waals surface area contributed by atoms with E-state index in [2.05, 4.69) is 45.2 Å². The van der Waals surface area contributed by atoms with E-state index in [0.717, 1.165) is 0 Å². The first kappa shape index (κ1) is 14.4. The van der Waals surface area contributed by atoms with Gasteiger partial charge in [-0.05, 0) is 0 Å². The summed E-state index contributed by atoms with van der Waals surface area (Å²) in [5, 5.41) is 0. The van der Waals surface area contributed by atoms with Gasteiger partial charge in [-0.3, -0.25) is 9.59 Å². The molecule has 0 saturated carbocycles. The Kier molecular flexibility index (Phi) is 8.94. The van der Waals surface area contributed by atoms with Crippen molar-refractivity contribution in [3.63, 3.8) is 0 Å². The molecule has 0 aromatic carbocycles. The van der Waals surface area contributed by atoms with E-state index < -0.39 is 6.29 Å². The molecule has 82 valence electrons. The summed E-state index contributed by atoms with van der Waals surface area (Å²) in [6.45, 7) is 1.54. The molecule has 0 heterocycles. The van der Waals surface area contributed by atoms with Crippen LogP contribution in [0, 0.1) is 0 Å². The van der Waals surface area contributed by atoms with Gasteiger partial charge in [0, 0.05) is 15.8 Å². The van der Waals surface area contributed by atoms with Crippen LogP contribution in [0.5, 0.6) is 0 Å². The highest BCUT2D eigenvalue weighted by molar-refractivity contribution is 14.1. The van der Waals surface area contributed by atoms with Crippen molar-refractivity contribution in [1.82, 2.24) is 0 Å². The highest BCUT2D eigenvalue weighted by Crippen LogP contribution is 2.01. The minimum atomic E-state index is -0.777. The average Bonchev–Trinajstić information content (AvgIpc) is 2.03. The SMILES string of the molecule is CC(OC(=O)CCI)OC(=O)CCI. The Morgan fingerprint density at radius 1 is 1.07 bits per heavy atom. The Hall–Kier alpha value is 0.400. The predicted molar refractivity (Wildman–Crippen MR) is 68.7 cm³/mol. The second kappa shape index (κ2) is 8.69. The fourth-order valence-corrected chi connectivity index (χ4v) is 1.55. The molecule has 0 atom stereocenters. The van der Waals surface area contributed by atoms with Crippen LogP contribution in [0.1, 0.15) is 19.8 Å². The number of carbonyl (C=O) groups excluding carboxylic acids is 2. The van der Waals surface area contributed by atoms with Gasteiger partial charge in [-0.15, -0.1) is 0 Å². The van der Waals surface area contributed by atoms with E-state index in [0.29, 0.717) is 21.7 Å². The lowest BCUT2D eigenvalue weighted by atomic mass is 10.5. The third-order valence-corrected chi connectivity index (χ3v) is 2.27. The number of hydrogen-bond donors (Lipinski definition) is 0. The van der Waals surface area contributed by atoms with Crippen molar-refractivity contribution in [2.45, 2.75) is 26.1 Å². The highest BCUT2D eigenvalue weighted by atomic mass is 127. The van der Waals surface area contributed by atoms with Crippen molar-refractivity contribution >= 4 is 57.1 Å². The molecule has 0 aliphatic heterocycles. The molecule has 0 aromatic heterocycles. The fourth-order valence-electron chi connectivity index (χ4n) is 0.666. The first-order valence-electron chi connectivity index (χ1n) is 4.11. The van der Waals surface area contributed by atoms with Crippen LogP contribution in [0.25, 0.3) is 0 Å². The zero-order valence-electron chi connectivity index (χ0n) is 7.79. The Morgan fingerprint density at radius 3 is 1.71 bits per heavy atom. The largest absolute Gasteiger partial charge is 0.425 e. The molecule has 0 bridgehead atoms. The Balaban J connectivity index is 3.68. The van der Waals surface area contributed by atoms with Gasteiger partial charge >= 0.3 is 11.9 Å². The molecule has 6 heteroatoms. The van der Waals surface area contributed by atoms with Gasteiger partial charge in [0.2, 0.25) is 6.29 Å². The molecule has 0 amide bonds. The van der Waals surface area contributed by atoms with Gasteiger partial charge in [0.15, 0.2) is 0 Å². The average molecular weight is 426 g/mol. The van der Waals surface area contributed by atoms with Gasteiger partial charge in [0.1, 0.15) is 0 Å². The third-order valence-electron chi connectivity index (χ3n) is 1.19. The summed E-state index contributed by atoms with van der Waals surface area (Å²) in [4.78, 5) is 21.9. The topological polar surface area (TPSA) is 52.6 Å². The van der Waals surface area contributed by atoms with Gasteiger partial charge in [-0.2, -0.15) is 0 Å². The number of ether oxygens (including phenoxy) is 2. The molecule has 0 fully saturated rings. The zero-order chi connectivity index (χ0) is 11.0. The van der Waals surface area contributed by atoms with E-state index in [4.69, 9.17) is 9.47 Å². The minimum Gasteiger partial charge on any atom is -0.425 e. The summed E-state index contributed by atoms with van der Waals surface area (Å²) in [6, 6.07) is 0. The lowest BCUT2D eigenvalue weighted by Crippen LogP contribution is -2.21. The van der Waals surface area contributed by atoms with E-state index in [-0.39, 0.29) is 11.9 Å². The molecule has 4 nitrogen and oxygen atoms in total. The summed E-state index contributed by atoms with van der Waals surface area (Å²) in [6.07, 6.45) is -0.0929. The maximum Gasteiger partial charge on any atom is 0.309 e. The van der Waals surface area contributed by atoms with Crippen molar-refractivity contribution in [3.05, 3.63) is 0 Å². The molecule has 0 saturated heterocycles. The van der Waals surface area contributed by atoms with Crippen LogP contribution in [-0.4, -0.2) is 27.1 Å². The molecule has 0 unspecified atom stereocenters. The van der Waals surface area contributed by atoms with Crippen LogP contribution >= 0.6 is 45.2 Å². The van der Waals surface area contributed by atoms with Crippen molar-refractivity contribution in [2.24, 2.45) is 0 Å². The summed E-state index contributed by atoms with van der Waals surface area (Å²) in [7, 11) is 0. The van der Waals surface area contributed by atoms with Gasteiger partial charge in [-0.25, -0.2) is 0 Å². The van der Waals surface area contributed by atoms with E-state index >= 15 is 0 Å². The summed E-state index contributed by atoms with van der Waals surface area (Å²) < 4.78 is 11.0. The molecule has 0 aliphatic carbocycles. The van der Waals surface area contributed by atoms with E-state index in [9.17, 15) is 9.59 Å². The number of carbonyl (C=O) groups is 2. The second-order valence-electron chi connectivity index (χ2n) is 2.43. The predicted octanol–water partition coefficient (Wildman–Crippen LogP) is 2.07. The van der Waals surface area contributed by atoms with Crippen molar-refractivity contribution in [2.75, 3.05) is 8.86 Å². The molecule has 0 spiro atoms. The zero-order valence-corrected chi connectivity index (χ0v) is 12.1. The lowest BCUT2D eigenvalue weighted by Gasteiger charge is -2.13. The van der Waals surface area contributed by atoms with Gasteiger partial charge in [0.05, 0.1) is 12.8 Å². The molecule has 0 aliphatic rings. The summed E-state index contributed by atoms with van der Waals surface area (Å²) in [5.74, 6) is -0.677. The fraction of sp³-hybridized carbons (Fsp3) is 0.750. The molecular formula is C8H12I2O4. The van der Waals surface area contributed by atoms with Gasteiger partial charge < -0.3 is 9.47 Å². The first-order valence-corrected chi connectivity index (χ1v) is 7.16. The second-order valence-corrected chi connectivity index (χ2v) is 4.58. The third kappa shape index (κ3) is 7.77. The molecule has 14 heavy (non-hydrogen) atoms. The Morgan fingerprint density at radius 2 is 1.43 bits per heavy atom. The Labute approximate surface area is 110 Å². The number of hydrogen-bond acceptors (Lipinski definition) is 4. The monoisotopic (exact) mass is 426 g/mol. The highest BCUT2D eigenvalue weighted by Gasteiger charge is 2.12. The van der Waals surface area contributed by atoms with Crippen LogP contribution in [0.2, 0.25) is 0 Å². The standard InChI is InChI=1S/C8H12I2O4/c1-6(13-7(11)2-4-9)14-8(12)3-5-10/h6H,2-5H2,1H3. The van der Waals surface area contributed by atoms with Crippen molar-refractivity contribution in [1.29, 1.82) is 0 Å². The molecule has 0 N–H and O–H groups in total. The smallest absolute Gasteiger partial charge is 0.309 e. The van der Waals surface area contributed by atoms with Crippen LogP contribution in [0.3, 0.4) is 0 Å². The van der Waals surface area contributed by atoms with Crippen molar-refractivity contribution < 1.29 is 19.1 Å². The maximum atomic E-state index is 11.0. The molecule has 0 rings (SSSR count). The van der Waals surface area contributed by atoms with E-state index in [1.165, 1.54) is 6.92 Å². The normalized spacial score (nSPS) is 10.0. The van der Waals surface area contributed by atoms with Gasteiger partial charge in [0.25, 0.3) is 0 Å². The van der Waals surface area contributed by atoms with Crippen LogP contribution in [0.4, 0.5) is 0 Å². The number of rotatable bonds is 6. The van der Waals surface area contributed by atoms with E-state index in [1.807, 2.05) is 0 Å². The molecular weight excluding hydrogens is 414 g/mol. The quantitative estimate of drug-likeness (QED) is 0.283. The maximum absolute atomic E-state index is 11.0. The Bertz CT molecular complexity index is 176. The van der Waals surface area contributed by atoms with E-state index in [1.54, 1.807) is 0 Å². The summed E-state index contributed by atoms with van der Waals surface area (Å²) in [5.41, 5.74) is 0. The first-order chi connectivity index (χ1) is 6.60. The number of alkyl halides is 2. The lowest BCUT2D eigenvalue weighted by molar-refractivity contribution is -0.183. The van der Waals surface area contributed by atoms with Crippen LogP contribution in [0.15, 0.2) is 0 Å². The van der Waals surface area contributed by atoms with Gasteiger partial charge in [-0.1, -0.05) is 45.2 Å². The minimum absolute atomic E-state index is 0.339. The number of esters is 2. The molecule has 0 aromatic rings.